The van der Waals surface area contributed by atoms with Crippen molar-refractivity contribution in [2.24, 2.45) is 0 Å². The van der Waals surface area contributed by atoms with Crippen LogP contribution in [0.5, 0.6) is 0 Å². The average molecular weight is 395 g/mol. The summed E-state index contributed by atoms with van der Waals surface area (Å²) in [7, 11) is 0. The number of aromatic nitrogens is 4. The number of nitrogens with one attached hydrogen (secondary N) is 1. The Hall–Kier alpha value is -2.67. The Bertz CT molecular complexity index is 953. The van der Waals surface area contributed by atoms with Crippen molar-refractivity contribution in [3.8, 4) is 0 Å². The van der Waals surface area contributed by atoms with Crippen molar-refractivity contribution in [1.82, 2.24) is 19.6 Å². The molecular weight excluding hydrogens is 364 g/mol. The van der Waals surface area contributed by atoms with Gasteiger partial charge in [0.05, 0.1) is 6.20 Å². The van der Waals surface area contributed by atoms with E-state index in [4.69, 9.17) is 4.98 Å². The van der Waals surface area contributed by atoms with E-state index in [1.54, 1.807) is 6.20 Å². The molecule has 1 aliphatic rings. The third-order valence-corrected chi connectivity index (χ3v) is 6.03. The SMILES string of the molecule is CCc1cnn2c(NCc3cccnc3)cc(N3CCCC[C@]3(C)CCO)nc12. The van der Waals surface area contributed by atoms with Gasteiger partial charge in [-0.3, -0.25) is 4.98 Å². The molecule has 1 saturated heterocycles. The summed E-state index contributed by atoms with van der Waals surface area (Å²) < 4.78 is 1.89. The van der Waals surface area contributed by atoms with Gasteiger partial charge in [0.2, 0.25) is 0 Å². The zero-order valence-electron chi connectivity index (χ0n) is 17.3. The van der Waals surface area contributed by atoms with Crippen molar-refractivity contribution >= 4 is 17.3 Å². The third-order valence-electron chi connectivity index (χ3n) is 6.03. The van der Waals surface area contributed by atoms with Crippen LogP contribution in [0.1, 0.15) is 50.7 Å². The summed E-state index contributed by atoms with van der Waals surface area (Å²) in [6.45, 7) is 6.19. The molecular formula is C22H30N6O. The van der Waals surface area contributed by atoms with Crippen LogP contribution in [-0.4, -0.2) is 43.4 Å². The standard InChI is InChI=1S/C22H30N6O/c1-3-18-16-25-28-19(24-15-17-7-6-10-23-14-17)13-20(26-21(18)28)27-11-5-4-8-22(27,2)9-12-29/h6-7,10,13-14,16,24,29H,3-5,8-9,11-12,15H2,1-2H3/t22-/m1/s1. The number of fused-ring (bicyclic) bond motifs is 1. The fraction of sp³-hybridized carbons (Fsp3) is 0.500. The Morgan fingerprint density at radius 1 is 1.28 bits per heavy atom. The average Bonchev–Trinajstić information content (AvgIpc) is 3.16. The van der Waals surface area contributed by atoms with E-state index in [1.807, 2.05) is 23.0 Å². The maximum absolute atomic E-state index is 9.65. The number of aliphatic hydroxyl groups is 1. The first kappa shape index (κ1) is 19.6. The minimum Gasteiger partial charge on any atom is -0.396 e. The fourth-order valence-electron chi connectivity index (χ4n) is 4.28. The van der Waals surface area contributed by atoms with Gasteiger partial charge >= 0.3 is 0 Å². The summed E-state index contributed by atoms with van der Waals surface area (Å²) in [5, 5.41) is 17.8. The highest BCUT2D eigenvalue weighted by atomic mass is 16.3. The Morgan fingerprint density at radius 2 is 2.17 bits per heavy atom. The van der Waals surface area contributed by atoms with Gasteiger partial charge in [-0.1, -0.05) is 13.0 Å². The molecule has 4 heterocycles. The lowest BCUT2D eigenvalue weighted by Crippen LogP contribution is -2.51. The van der Waals surface area contributed by atoms with Gasteiger partial charge in [0.15, 0.2) is 5.65 Å². The molecule has 3 aromatic heterocycles. The summed E-state index contributed by atoms with van der Waals surface area (Å²) in [5.41, 5.74) is 3.07. The third kappa shape index (κ3) is 3.92. The predicted molar refractivity (Wildman–Crippen MR) is 115 cm³/mol. The number of rotatable bonds is 7. The highest BCUT2D eigenvalue weighted by Crippen LogP contribution is 2.35. The smallest absolute Gasteiger partial charge is 0.162 e. The van der Waals surface area contributed by atoms with Crippen molar-refractivity contribution in [2.75, 3.05) is 23.4 Å². The monoisotopic (exact) mass is 394 g/mol. The zero-order chi connectivity index (χ0) is 20.3. The van der Waals surface area contributed by atoms with Crippen molar-refractivity contribution < 1.29 is 5.11 Å². The van der Waals surface area contributed by atoms with Gasteiger partial charge in [-0.15, -0.1) is 0 Å². The first-order valence-corrected chi connectivity index (χ1v) is 10.5. The Balaban J connectivity index is 1.74. The van der Waals surface area contributed by atoms with Crippen molar-refractivity contribution in [1.29, 1.82) is 0 Å². The van der Waals surface area contributed by atoms with E-state index in [-0.39, 0.29) is 12.1 Å². The second kappa shape index (κ2) is 8.37. The molecule has 0 radical (unpaired) electrons. The summed E-state index contributed by atoms with van der Waals surface area (Å²) in [6.07, 6.45) is 10.6. The van der Waals surface area contributed by atoms with Gasteiger partial charge in [-0.25, -0.2) is 4.98 Å². The molecule has 0 saturated carbocycles. The first-order valence-electron chi connectivity index (χ1n) is 10.5. The molecule has 1 fully saturated rings. The van der Waals surface area contributed by atoms with Crippen molar-refractivity contribution in [3.63, 3.8) is 0 Å². The van der Waals surface area contributed by atoms with E-state index in [0.717, 1.165) is 60.6 Å². The van der Waals surface area contributed by atoms with Crippen LogP contribution in [0.3, 0.4) is 0 Å². The Labute approximate surface area is 171 Å². The van der Waals surface area contributed by atoms with Gasteiger partial charge in [0.25, 0.3) is 0 Å². The van der Waals surface area contributed by atoms with Crippen molar-refractivity contribution in [3.05, 3.63) is 47.9 Å². The molecule has 0 spiro atoms. The number of anilines is 2. The predicted octanol–water partition coefficient (Wildman–Crippen LogP) is 3.43. The Kier molecular flexibility index (Phi) is 5.67. The van der Waals surface area contributed by atoms with Crippen LogP contribution in [0.15, 0.2) is 36.8 Å². The van der Waals surface area contributed by atoms with E-state index >= 15 is 0 Å². The van der Waals surface area contributed by atoms with Gasteiger partial charge in [-0.2, -0.15) is 9.61 Å². The largest absolute Gasteiger partial charge is 0.396 e. The van der Waals surface area contributed by atoms with Crippen LogP contribution in [0.4, 0.5) is 11.6 Å². The zero-order valence-corrected chi connectivity index (χ0v) is 17.3. The quantitative estimate of drug-likeness (QED) is 0.639. The number of aliphatic hydroxyl groups excluding tert-OH is 1. The highest BCUT2D eigenvalue weighted by molar-refractivity contribution is 5.62. The molecule has 1 aliphatic heterocycles. The molecule has 4 rings (SSSR count). The number of hydrogen-bond donors (Lipinski definition) is 2. The number of nitrogens with zero attached hydrogens (tertiary/aromatic N) is 5. The molecule has 0 aliphatic carbocycles. The lowest BCUT2D eigenvalue weighted by atomic mass is 9.85. The number of piperidine rings is 1. The molecule has 3 aromatic rings. The highest BCUT2D eigenvalue weighted by Gasteiger charge is 2.35. The molecule has 0 bridgehead atoms. The molecule has 7 heteroatoms. The molecule has 154 valence electrons. The molecule has 2 N–H and O–H groups in total. The van der Waals surface area contributed by atoms with Crippen LogP contribution >= 0.6 is 0 Å². The van der Waals surface area contributed by atoms with Crippen LogP contribution in [0, 0.1) is 0 Å². The summed E-state index contributed by atoms with van der Waals surface area (Å²) >= 11 is 0. The number of pyridine rings is 1. The molecule has 7 nitrogen and oxygen atoms in total. The van der Waals surface area contributed by atoms with E-state index in [1.165, 1.54) is 6.42 Å². The molecule has 0 unspecified atom stereocenters. The second-order valence-corrected chi connectivity index (χ2v) is 8.05. The van der Waals surface area contributed by atoms with Crippen LogP contribution in [0.25, 0.3) is 5.65 Å². The van der Waals surface area contributed by atoms with Crippen molar-refractivity contribution in [2.45, 2.75) is 58.0 Å². The molecule has 0 amide bonds. The minimum absolute atomic E-state index is 0.0780. The fourth-order valence-corrected chi connectivity index (χ4v) is 4.28. The summed E-state index contributed by atoms with van der Waals surface area (Å²) in [5.74, 6) is 1.88. The van der Waals surface area contributed by atoms with E-state index in [0.29, 0.717) is 6.54 Å². The van der Waals surface area contributed by atoms with E-state index in [2.05, 4.69) is 46.3 Å². The lowest BCUT2D eigenvalue weighted by molar-refractivity contribution is 0.217. The molecule has 1 atom stereocenters. The lowest BCUT2D eigenvalue weighted by Gasteiger charge is -2.45. The summed E-state index contributed by atoms with van der Waals surface area (Å²) in [6, 6.07) is 6.10. The van der Waals surface area contributed by atoms with Gasteiger partial charge in [0, 0.05) is 49.3 Å². The summed E-state index contributed by atoms with van der Waals surface area (Å²) in [4.78, 5) is 11.6. The topological polar surface area (TPSA) is 78.6 Å². The normalized spacial score (nSPS) is 19.6. The van der Waals surface area contributed by atoms with Gasteiger partial charge in [-0.05, 0) is 50.7 Å². The number of hydrogen-bond acceptors (Lipinski definition) is 6. The first-order chi connectivity index (χ1) is 14.1. The van der Waals surface area contributed by atoms with E-state index < -0.39 is 0 Å². The van der Waals surface area contributed by atoms with Crippen LogP contribution in [-0.2, 0) is 13.0 Å². The Morgan fingerprint density at radius 3 is 2.93 bits per heavy atom. The maximum atomic E-state index is 9.65. The maximum Gasteiger partial charge on any atom is 0.162 e. The van der Waals surface area contributed by atoms with Crippen LogP contribution in [0.2, 0.25) is 0 Å². The minimum atomic E-state index is -0.0780. The van der Waals surface area contributed by atoms with Crippen LogP contribution < -0.4 is 10.2 Å². The number of aryl methyl sites for hydroxylation is 1. The second-order valence-electron chi connectivity index (χ2n) is 8.05. The van der Waals surface area contributed by atoms with E-state index in [9.17, 15) is 5.11 Å². The van der Waals surface area contributed by atoms with Gasteiger partial charge < -0.3 is 15.3 Å². The molecule has 29 heavy (non-hydrogen) atoms. The van der Waals surface area contributed by atoms with Gasteiger partial charge in [0.1, 0.15) is 11.6 Å². The molecule has 0 aromatic carbocycles.